The van der Waals surface area contributed by atoms with Crippen LogP contribution in [0.25, 0.3) is 0 Å². The molecule has 0 aromatic heterocycles. The lowest BCUT2D eigenvalue weighted by atomic mass is 10.3. The molecule has 5 nitrogen and oxygen atoms in total. The van der Waals surface area contributed by atoms with Gasteiger partial charge in [0.2, 0.25) is 0 Å². The number of rotatable bonds is 10. The minimum atomic E-state index is -2.86. The highest BCUT2D eigenvalue weighted by Crippen LogP contribution is 2.23. The van der Waals surface area contributed by atoms with Crippen molar-refractivity contribution < 1.29 is 22.4 Å². The van der Waals surface area contributed by atoms with E-state index in [4.69, 9.17) is 22.4 Å². The second kappa shape index (κ2) is 8.42. The van der Waals surface area contributed by atoms with E-state index in [1.807, 2.05) is 13.8 Å². The molecule has 0 aliphatic rings. The standard InChI is InChI=1S/C13H30O5Si2/c1-10-12(20(14-4,15-5)16-6)17-13(11(2)3)18-19(7,8)9/h12-13H,2,10H2,1,3-9H3. The van der Waals surface area contributed by atoms with E-state index in [0.29, 0.717) is 6.42 Å². The fraction of sp³-hybridized carbons (Fsp3) is 0.846. The van der Waals surface area contributed by atoms with E-state index in [1.165, 1.54) is 0 Å². The summed E-state index contributed by atoms with van der Waals surface area (Å²) in [5, 5.41) is 0. The molecular formula is C13H30O5Si2. The van der Waals surface area contributed by atoms with E-state index in [1.54, 1.807) is 21.3 Å². The minimum absolute atomic E-state index is 0.291. The first-order valence-electron chi connectivity index (χ1n) is 6.79. The zero-order valence-corrected chi connectivity index (χ0v) is 16.1. The van der Waals surface area contributed by atoms with Crippen molar-refractivity contribution >= 4 is 17.1 Å². The molecule has 0 saturated heterocycles. The summed E-state index contributed by atoms with van der Waals surface area (Å²) in [7, 11) is 0.147. The van der Waals surface area contributed by atoms with Crippen LogP contribution < -0.4 is 0 Å². The summed E-state index contributed by atoms with van der Waals surface area (Å²) in [5.74, 6) is 0. The maximum atomic E-state index is 6.08. The van der Waals surface area contributed by atoms with Gasteiger partial charge in [-0.25, -0.2) is 0 Å². The largest absolute Gasteiger partial charge is 0.530 e. The zero-order valence-electron chi connectivity index (χ0n) is 14.1. The Balaban J connectivity index is 5.10. The van der Waals surface area contributed by atoms with Gasteiger partial charge in [-0.3, -0.25) is 0 Å². The fourth-order valence-corrected chi connectivity index (χ4v) is 4.77. The number of ether oxygens (including phenoxy) is 1. The third-order valence-electron chi connectivity index (χ3n) is 2.77. The lowest BCUT2D eigenvalue weighted by Gasteiger charge is -2.36. The SMILES string of the molecule is C=C(C)C(OC(CC)[Si](OC)(OC)OC)O[Si](C)(C)C. The predicted octanol–water partition coefficient (Wildman–Crippen LogP) is 2.95. The maximum absolute atomic E-state index is 6.08. The van der Waals surface area contributed by atoms with E-state index in [9.17, 15) is 0 Å². The lowest BCUT2D eigenvalue weighted by Crippen LogP contribution is -2.57. The molecule has 0 aromatic rings. The topological polar surface area (TPSA) is 46.2 Å². The molecule has 0 amide bonds. The fourth-order valence-electron chi connectivity index (χ4n) is 1.79. The van der Waals surface area contributed by atoms with Gasteiger partial charge in [-0.2, -0.15) is 0 Å². The van der Waals surface area contributed by atoms with Gasteiger partial charge in [-0.05, 0) is 38.6 Å². The first-order valence-corrected chi connectivity index (χ1v) is 12.0. The number of hydrogen-bond acceptors (Lipinski definition) is 5. The maximum Gasteiger partial charge on any atom is 0.530 e. The molecule has 0 bridgehead atoms. The molecule has 0 aliphatic carbocycles. The minimum Gasteiger partial charge on any atom is -0.390 e. The Morgan fingerprint density at radius 3 is 1.75 bits per heavy atom. The molecule has 20 heavy (non-hydrogen) atoms. The normalized spacial score (nSPS) is 16.0. The van der Waals surface area contributed by atoms with Gasteiger partial charge < -0.3 is 22.4 Å². The third-order valence-corrected chi connectivity index (χ3v) is 6.73. The monoisotopic (exact) mass is 322 g/mol. The van der Waals surface area contributed by atoms with Crippen LogP contribution >= 0.6 is 0 Å². The van der Waals surface area contributed by atoms with Gasteiger partial charge in [-0.1, -0.05) is 13.5 Å². The van der Waals surface area contributed by atoms with Gasteiger partial charge in [0.25, 0.3) is 0 Å². The molecule has 0 heterocycles. The smallest absolute Gasteiger partial charge is 0.390 e. The van der Waals surface area contributed by atoms with Gasteiger partial charge in [0.15, 0.2) is 14.6 Å². The second-order valence-electron chi connectivity index (χ2n) is 5.66. The summed E-state index contributed by atoms with van der Waals surface area (Å²) >= 11 is 0. The predicted molar refractivity (Wildman–Crippen MR) is 85.0 cm³/mol. The molecule has 0 rings (SSSR count). The summed E-state index contributed by atoms with van der Waals surface area (Å²) in [6.45, 7) is 14.2. The second-order valence-corrected chi connectivity index (χ2v) is 13.2. The quantitative estimate of drug-likeness (QED) is 0.351. The van der Waals surface area contributed by atoms with Crippen LogP contribution in [0.15, 0.2) is 12.2 Å². The molecule has 2 atom stereocenters. The van der Waals surface area contributed by atoms with Crippen LogP contribution in [0.3, 0.4) is 0 Å². The van der Waals surface area contributed by atoms with Gasteiger partial charge in [0.05, 0.1) is 0 Å². The molecule has 0 radical (unpaired) electrons. The first-order chi connectivity index (χ1) is 9.15. The average Bonchev–Trinajstić information content (AvgIpc) is 2.36. The van der Waals surface area contributed by atoms with Crippen molar-refractivity contribution in [3.63, 3.8) is 0 Å². The lowest BCUT2D eigenvalue weighted by molar-refractivity contribution is -0.101. The zero-order chi connectivity index (χ0) is 16.0. The molecule has 0 spiro atoms. The highest BCUT2D eigenvalue weighted by Gasteiger charge is 2.49. The van der Waals surface area contributed by atoms with Crippen LogP contribution in [0.1, 0.15) is 20.3 Å². The third kappa shape index (κ3) is 5.76. The van der Waals surface area contributed by atoms with Crippen molar-refractivity contribution in [1.82, 2.24) is 0 Å². The summed E-state index contributed by atoms with van der Waals surface area (Å²) in [6, 6.07) is 0. The van der Waals surface area contributed by atoms with Crippen molar-refractivity contribution in [2.45, 2.75) is 51.9 Å². The van der Waals surface area contributed by atoms with Crippen molar-refractivity contribution in [2.24, 2.45) is 0 Å². The van der Waals surface area contributed by atoms with E-state index in [0.717, 1.165) is 5.57 Å². The van der Waals surface area contributed by atoms with Crippen LogP contribution in [0.5, 0.6) is 0 Å². The van der Waals surface area contributed by atoms with Crippen molar-refractivity contribution in [3.05, 3.63) is 12.2 Å². The van der Waals surface area contributed by atoms with E-state index >= 15 is 0 Å². The molecule has 0 fully saturated rings. The molecule has 7 heteroatoms. The van der Waals surface area contributed by atoms with Crippen LogP contribution in [0.4, 0.5) is 0 Å². The molecule has 120 valence electrons. The molecule has 0 saturated carbocycles. The van der Waals surface area contributed by atoms with Crippen molar-refractivity contribution in [2.75, 3.05) is 21.3 Å². The van der Waals surface area contributed by atoms with Gasteiger partial charge in [0.1, 0.15) is 5.73 Å². The highest BCUT2D eigenvalue weighted by atomic mass is 28.4. The van der Waals surface area contributed by atoms with Crippen LogP contribution in [0.2, 0.25) is 19.6 Å². The van der Waals surface area contributed by atoms with E-state index in [2.05, 4.69) is 26.2 Å². The van der Waals surface area contributed by atoms with E-state index < -0.39 is 23.4 Å². The van der Waals surface area contributed by atoms with Crippen LogP contribution in [0, 0.1) is 0 Å². The van der Waals surface area contributed by atoms with Gasteiger partial charge in [-0.15, -0.1) is 0 Å². The molecule has 0 aliphatic heterocycles. The Labute approximate surface area is 125 Å². The molecule has 0 N–H and O–H groups in total. The van der Waals surface area contributed by atoms with E-state index in [-0.39, 0.29) is 5.73 Å². The molecular weight excluding hydrogens is 292 g/mol. The van der Waals surface area contributed by atoms with Gasteiger partial charge in [0, 0.05) is 21.3 Å². The first kappa shape index (κ1) is 20.0. The summed E-state index contributed by atoms with van der Waals surface area (Å²) in [6.07, 6.45) is 0.250. The van der Waals surface area contributed by atoms with Crippen LogP contribution in [-0.2, 0) is 22.4 Å². The number of hydrogen-bond donors (Lipinski definition) is 0. The average molecular weight is 323 g/mol. The van der Waals surface area contributed by atoms with Crippen LogP contribution in [-0.4, -0.2) is 50.5 Å². The molecule has 0 aromatic carbocycles. The Bertz CT molecular complexity index is 291. The van der Waals surface area contributed by atoms with Crippen molar-refractivity contribution in [1.29, 1.82) is 0 Å². The highest BCUT2D eigenvalue weighted by molar-refractivity contribution is 6.69. The Morgan fingerprint density at radius 2 is 1.50 bits per heavy atom. The summed E-state index contributed by atoms with van der Waals surface area (Å²) in [4.78, 5) is 0. The Hall–Kier alpha value is -0.0262. The Morgan fingerprint density at radius 1 is 1.05 bits per heavy atom. The summed E-state index contributed by atoms with van der Waals surface area (Å²) in [5.41, 5.74) is 0.539. The van der Waals surface area contributed by atoms with Gasteiger partial charge >= 0.3 is 8.80 Å². The molecule has 2 unspecified atom stereocenters. The van der Waals surface area contributed by atoms with Crippen molar-refractivity contribution in [3.8, 4) is 0 Å². The Kier molecular flexibility index (Phi) is 8.41. The summed E-state index contributed by atoms with van der Waals surface area (Å²) < 4.78 is 28.6.